The summed E-state index contributed by atoms with van der Waals surface area (Å²) in [5, 5.41) is 0. The van der Waals surface area contributed by atoms with Crippen LogP contribution in [0.25, 0.3) is 0 Å². The third kappa shape index (κ3) is 3.11. The van der Waals surface area contributed by atoms with Crippen LogP contribution in [0.3, 0.4) is 0 Å². The Hall–Kier alpha value is 0.961. The van der Waals surface area contributed by atoms with E-state index in [0.717, 1.165) is 6.42 Å². The number of hydrogen-bond acceptors (Lipinski definition) is 2. The zero-order valence-electron chi connectivity index (χ0n) is 10.2. The number of carbonyl (C=O) groups is 1. The van der Waals surface area contributed by atoms with Gasteiger partial charge in [0.1, 0.15) is 0 Å². The van der Waals surface area contributed by atoms with E-state index < -0.39 is 24.7 Å². The average Bonchev–Trinajstić information content (AvgIpc) is 2.74. The van der Waals surface area contributed by atoms with Crippen LogP contribution in [-0.4, -0.2) is 19.6 Å². The number of fused-ring (bicyclic) bond motifs is 2. The quantitative estimate of drug-likeness (QED) is 0.527. The van der Waals surface area contributed by atoms with E-state index >= 15 is 0 Å². The Morgan fingerprint density at radius 1 is 1.29 bits per heavy atom. The van der Waals surface area contributed by atoms with Crippen molar-refractivity contribution in [2.24, 2.45) is 17.8 Å². The number of hydrogen-bond donors (Lipinski definition) is 0. The van der Waals surface area contributed by atoms with Crippen molar-refractivity contribution in [2.75, 3.05) is 6.61 Å². The van der Waals surface area contributed by atoms with E-state index in [-0.39, 0.29) is 69.8 Å². The Morgan fingerprint density at radius 2 is 1.88 bits per heavy atom. The van der Waals surface area contributed by atoms with Gasteiger partial charge in [-0.2, -0.15) is 0 Å². The molecule has 17 heavy (non-hydrogen) atoms. The summed E-state index contributed by atoms with van der Waals surface area (Å²) in [5.41, 5.74) is 0. The van der Waals surface area contributed by atoms with Crippen molar-refractivity contribution >= 4 is 12.9 Å². The molecule has 2 nitrogen and oxygen atoms in total. The molecule has 0 aromatic heterocycles. The molecule has 2 bridgehead atoms. The molecule has 2 rings (SSSR count). The monoisotopic (exact) mass is 274 g/mol. The van der Waals surface area contributed by atoms with E-state index in [0.29, 0.717) is 12.8 Å². The zero-order valence-corrected chi connectivity index (χ0v) is 13.3. The second kappa shape index (κ2) is 5.94. The van der Waals surface area contributed by atoms with Crippen LogP contribution in [-0.2, 0) is 9.53 Å². The molecule has 0 unspecified atom stereocenters. The van der Waals surface area contributed by atoms with Gasteiger partial charge in [-0.3, -0.25) is 4.79 Å². The van der Waals surface area contributed by atoms with Gasteiger partial charge in [0.15, 0.2) is 0 Å². The summed E-state index contributed by atoms with van der Waals surface area (Å²) in [4.78, 5) is 11.6. The van der Waals surface area contributed by atoms with Crippen molar-refractivity contribution in [3.05, 3.63) is 0 Å². The molecule has 0 N–H and O–H groups in total. The van der Waals surface area contributed by atoms with Gasteiger partial charge in [-0.25, -0.2) is 0 Å². The predicted molar refractivity (Wildman–Crippen MR) is 53.8 cm³/mol. The maximum absolute atomic E-state index is 12.9. The molecule has 0 heterocycles. The number of halogens is 3. The van der Waals surface area contributed by atoms with Crippen LogP contribution in [0.15, 0.2) is 0 Å². The second-order valence-corrected chi connectivity index (χ2v) is 4.81. The standard InChI is InChI=1S/C10H15BF3O2.K/c1-2-16-10(15)8-6-3-4-7(5-6)9(8)11(12,13)14;/h6-9H,2-5H2,1H3;/q-1;+1/t6-,7+,8+,9+;/m1./s1. The molecule has 0 saturated heterocycles. The van der Waals surface area contributed by atoms with Gasteiger partial charge in [-0.05, 0) is 25.7 Å². The summed E-state index contributed by atoms with van der Waals surface area (Å²) in [5.74, 6) is -3.40. The molecule has 2 fully saturated rings. The molecular formula is C10H15BF3KO2. The topological polar surface area (TPSA) is 26.3 Å². The molecule has 0 aliphatic heterocycles. The molecule has 0 aromatic rings. The number of rotatable bonds is 3. The van der Waals surface area contributed by atoms with Crippen molar-refractivity contribution < 1.29 is 73.9 Å². The molecule has 92 valence electrons. The largest absolute Gasteiger partial charge is 1.00 e. The minimum atomic E-state index is -4.93. The maximum atomic E-state index is 12.9. The van der Waals surface area contributed by atoms with Crippen molar-refractivity contribution in [2.45, 2.75) is 32.0 Å². The molecule has 4 atom stereocenters. The van der Waals surface area contributed by atoms with Crippen molar-refractivity contribution in [1.29, 1.82) is 0 Å². The van der Waals surface area contributed by atoms with Crippen LogP contribution in [0.5, 0.6) is 0 Å². The first kappa shape index (κ1) is 16.0. The molecule has 0 spiro atoms. The number of esters is 1. The summed E-state index contributed by atoms with van der Waals surface area (Å²) in [6.07, 6.45) is 1.92. The molecule has 7 heteroatoms. The van der Waals surface area contributed by atoms with Crippen molar-refractivity contribution in [1.82, 2.24) is 0 Å². The van der Waals surface area contributed by atoms with Gasteiger partial charge in [-0.15, -0.1) is 0 Å². The van der Waals surface area contributed by atoms with Crippen LogP contribution in [0.4, 0.5) is 12.9 Å². The number of ether oxygens (including phenoxy) is 1. The smallest absolute Gasteiger partial charge is 0.466 e. The fourth-order valence-electron chi connectivity index (χ4n) is 3.47. The first-order chi connectivity index (χ1) is 7.45. The minimum absolute atomic E-state index is 0. The van der Waals surface area contributed by atoms with Crippen LogP contribution in [0, 0.1) is 17.8 Å². The first-order valence-electron chi connectivity index (χ1n) is 5.81. The Morgan fingerprint density at radius 3 is 2.41 bits per heavy atom. The SMILES string of the molecule is CCOC(=O)[C@H]1[C@@H]2CC[C@@H](C2)[C@@H]1[B-](F)(F)F.[K+]. The van der Waals surface area contributed by atoms with Gasteiger partial charge in [0.25, 0.3) is 0 Å². The van der Waals surface area contributed by atoms with Crippen molar-refractivity contribution in [3.8, 4) is 0 Å². The summed E-state index contributed by atoms with van der Waals surface area (Å²) < 4.78 is 43.5. The molecule has 0 radical (unpaired) electrons. The van der Waals surface area contributed by atoms with E-state index in [2.05, 4.69) is 0 Å². The van der Waals surface area contributed by atoms with E-state index in [1.165, 1.54) is 0 Å². The van der Waals surface area contributed by atoms with Gasteiger partial charge >= 0.3 is 64.3 Å². The van der Waals surface area contributed by atoms with Crippen molar-refractivity contribution in [3.63, 3.8) is 0 Å². The summed E-state index contributed by atoms with van der Waals surface area (Å²) in [7, 11) is 0. The Balaban J connectivity index is 0.00000144. The van der Waals surface area contributed by atoms with E-state index in [1.807, 2.05) is 0 Å². The number of carbonyl (C=O) groups excluding carboxylic acids is 1. The predicted octanol–water partition coefficient (Wildman–Crippen LogP) is -0.183. The van der Waals surface area contributed by atoms with Gasteiger partial charge in [0, 0.05) is 5.92 Å². The third-order valence-corrected chi connectivity index (χ3v) is 3.98. The molecule has 0 amide bonds. The molecular weight excluding hydrogens is 259 g/mol. The van der Waals surface area contributed by atoms with Crippen LogP contribution in [0.2, 0.25) is 5.82 Å². The fraction of sp³-hybridized carbons (Fsp3) is 0.900. The van der Waals surface area contributed by atoms with Crippen LogP contribution < -0.4 is 51.4 Å². The minimum Gasteiger partial charge on any atom is -0.466 e. The Bertz CT molecular complexity index is 298. The summed E-state index contributed by atoms with van der Waals surface area (Å²) in [6.45, 7) is -3.15. The van der Waals surface area contributed by atoms with Crippen LogP contribution in [0.1, 0.15) is 26.2 Å². The van der Waals surface area contributed by atoms with E-state index in [9.17, 15) is 17.7 Å². The summed E-state index contributed by atoms with van der Waals surface area (Å²) >= 11 is 0. The third-order valence-electron chi connectivity index (χ3n) is 3.98. The first-order valence-corrected chi connectivity index (χ1v) is 5.81. The van der Waals surface area contributed by atoms with Gasteiger partial charge in [0.2, 0.25) is 0 Å². The van der Waals surface area contributed by atoms with Gasteiger partial charge in [0.05, 0.1) is 6.61 Å². The second-order valence-electron chi connectivity index (χ2n) is 4.81. The zero-order chi connectivity index (χ0) is 11.9. The average molecular weight is 274 g/mol. The molecule has 0 aromatic carbocycles. The van der Waals surface area contributed by atoms with E-state index in [4.69, 9.17) is 4.74 Å². The van der Waals surface area contributed by atoms with Gasteiger partial charge in [-0.1, -0.05) is 18.2 Å². The molecule has 2 saturated carbocycles. The summed E-state index contributed by atoms with van der Waals surface area (Å²) in [6, 6.07) is 0. The van der Waals surface area contributed by atoms with Crippen LogP contribution >= 0.6 is 0 Å². The van der Waals surface area contributed by atoms with E-state index in [1.54, 1.807) is 6.92 Å². The molecule has 2 aliphatic carbocycles. The maximum Gasteiger partial charge on any atom is 1.00 e. The normalized spacial score (nSPS) is 35.5. The van der Waals surface area contributed by atoms with Gasteiger partial charge < -0.3 is 17.7 Å². The molecule has 2 aliphatic rings. The Kier molecular flexibility index (Phi) is 5.60. The fourth-order valence-corrected chi connectivity index (χ4v) is 3.47. The Labute approximate surface area is 142 Å².